The summed E-state index contributed by atoms with van der Waals surface area (Å²) in [5, 5.41) is 9.12. The number of aromatic nitrogens is 2. The van der Waals surface area contributed by atoms with Crippen LogP contribution >= 0.6 is 33.0 Å². The molecule has 284 valence electrons. The molecule has 2 amide bonds. The van der Waals surface area contributed by atoms with Gasteiger partial charge in [-0.15, -0.1) is 11.6 Å². The SMILES string of the molecule is CC.CC.CC(C)(CCl)CONC(=O)c1cccnc1C(C)(C)C.CC(C)(CO)CONC(=O)c1cccnc1C(C)(C)C.O=S(=O)(Cl)Cl. The third-order valence-corrected chi connectivity index (χ3v) is 6.29. The summed E-state index contributed by atoms with van der Waals surface area (Å²) in [5.74, 6) is -0.145. The van der Waals surface area contributed by atoms with Crippen LogP contribution in [0.5, 0.6) is 0 Å². The van der Waals surface area contributed by atoms with Crippen LogP contribution in [0.2, 0.25) is 0 Å². The average molecular weight is 774 g/mol. The van der Waals surface area contributed by atoms with Gasteiger partial charge in [0, 0.05) is 61.3 Å². The second-order valence-electron chi connectivity index (χ2n) is 13.7. The van der Waals surface area contributed by atoms with Gasteiger partial charge in [-0.2, -0.15) is 8.42 Å². The van der Waals surface area contributed by atoms with E-state index in [0.29, 0.717) is 23.6 Å². The molecule has 0 aliphatic heterocycles. The zero-order valence-corrected chi connectivity index (χ0v) is 34.7. The lowest BCUT2D eigenvalue weighted by Crippen LogP contribution is -2.33. The van der Waals surface area contributed by atoms with Gasteiger partial charge in [0.2, 0.25) is 0 Å². The Kier molecular flexibility index (Phi) is 25.3. The van der Waals surface area contributed by atoms with Crippen molar-refractivity contribution < 1.29 is 32.8 Å². The quantitative estimate of drug-likeness (QED) is 0.123. The Labute approximate surface area is 309 Å². The summed E-state index contributed by atoms with van der Waals surface area (Å²) in [7, 11) is 4.81. The fourth-order valence-corrected chi connectivity index (χ4v) is 3.24. The third-order valence-electron chi connectivity index (χ3n) is 5.57. The second kappa shape index (κ2) is 24.2. The number of nitrogens with one attached hydrogen (secondary N) is 2. The van der Waals surface area contributed by atoms with Crippen molar-refractivity contribution in [1.82, 2.24) is 20.9 Å². The van der Waals surface area contributed by atoms with E-state index >= 15 is 0 Å². The number of alkyl halides is 1. The number of hydrogen-bond donors (Lipinski definition) is 3. The maximum atomic E-state index is 12.2. The number of aliphatic hydroxyl groups excluding tert-OH is 1. The number of carbonyl (C=O) groups is 2. The number of pyridine rings is 2. The molecule has 0 aliphatic carbocycles. The number of nitrogens with zero attached hydrogens (tertiary/aromatic N) is 2. The van der Waals surface area contributed by atoms with Gasteiger partial charge >= 0.3 is 8.26 Å². The predicted octanol–water partition coefficient (Wildman–Crippen LogP) is 8.13. The molecular weight excluding hydrogens is 715 g/mol. The van der Waals surface area contributed by atoms with Gasteiger partial charge in [-0.3, -0.25) is 29.2 Å². The molecule has 0 spiro atoms. The van der Waals surface area contributed by atoms with Crippen molar-refractivity contribution in [3.05, 3.63) is 59.2 Å². The maximum absolute atomic E-state index is 12.2. The summed E-state index contributed by atoms with van der Waals surface area (Å²) >= 11 is 5.81. The van der Waals surface area contributed by atoms with Gasteiger partial charge < -0.3 is 5.11 Å². The van der Waals surface area contributed by atoms with Crippen LogP contribution in [0.15, 0.2) is 36.7 Å². The topological polar surface area (TPSA) is 157 Å². The number of rotatable bonds is 10. The molecule has 0 radical (unpaired) electrons. The molecule has 3 N–H and O–H groups in total. The normalized spacial score (nSPS) is 11.5. The van der Waals surface area contributed by atoms with Crippen LogP contribution in [-0.4, -0.2) is 61.0 Å². The highest BCUT2D eigenvalue weighted by Crippen LogP contribution is 2.24. The summed E-state index contributed by atoms with van der Waals surface area (Å²) in [5.41, 5.74) is 6.37. The molecule has 11 nitrogen and oxygen atoms in total. The summed E-state index contributed by atoms with van der Waals surface area (Å²) in [4.78, 5) is 43.4. The smallest absolute Gasteiger partial charge is 0.317 e. The monoisotopic (exact) mass is 772 g/mol. The fourth-order valence-electron chi connectivity index (χ4n) is 3.16. The number of carbonyl (C=O) groups excluding carboxylic acids is 2. The first kappa shape index (κ1) is 51.3. The van der Waals surface area contributed by atoms with Crippen LogP contribution in [0.25, 0.3) is 0 Å². The third kappa shape index (κ3) is 24.7. The molecule has 2 aromatic heterocycles. The van der Waals surface area contributed by atoms with Gasteiger partial charge in [-0.1, -0.05) is 96.9 Å². The van der Waals surface area contributed by atoms with Crippen molar-refractivity contribution in [2.45, 2.75) is 108 Å². The maximum Gasteiger partial charge on any atom is 0.317 e. The summed E-state index contributed by atoms with van der Waals surface area (Å²) in [6, 6.07) is 6.94. The Morgan fingerprint density at radius 2 is 1.02 bits per heavy atom. The molecule has 2 heterocycles. The molecule has 49 heavy (non-hydrogen) atoms. The van der Waals surface area contributed by atoms with E-state index in [9.17, 15) is 9.59 Å². The summed E-state index contributed by atoms with van der Waals surface area (Å²) in [6.07, 6.45) is 3.36. The first-order chi connectivity index (χ1) is 22.3. The molecule has 0 saturated heterocycles. The fraction of sp³-hybridized carbons (Fsp3) is 0.647. The molecule has 2 aromatic rings. The molecule has 2 rings (SSSR count). The van der Waals surface area contributed by atoms with Crippen LogP contribution in [0.1, 0.15) is 129 Å². The molecule has 0 aliphatic rings. The molecule has 0 unspecified atom stereocenters. The number of hydrogen-bond acceptors (Lipinski definition) is 9. The van der Waals surface area contributed by atoms with Crippen LogP contribution < -0.4 is 11.0 Å². The van der Waals surface area contributed by atoms with Gasteiger partial charge in [0.15, 0.2) is 0 Å². The van der Waals surface area contributed by atoms with Crippen molar-refractivity contribution in [1.29, 1.82) is 0 Å². The van der Waals surface area contributed by atoms with E-state index < -0.39 is 13.7 Å². The van der Waals surface area contributed by atoms with Crippen molar-refractivity contribution in [2.24, 2.45) is 10.8 Å². The van der Waals surface area contributed by atoms with E-state index in [1.165, 1.54) is 0 Å². The van der Waals surface area contributed by atoms with Gasteiger partial charge in [0.25, 0.3) is 11.8 Å². The molecule has 15 heteroatoms. The van der Waals surface area contributed by atoms with Crippen LogP contribution in [0.4, 0.5) is 0 Å². The predicted molar refractivity (Wildman–Crippen MR) is 201 cm³/mol. The Morgan fingerprint density at radius 3 is 1.29 bits per heavy atom. The molecule has 0 atom stereocenters. The Bertz CT molecular complexity index is 1250. The highest BCUT2D eigenvalue weighted by molar-refractivity contribution is 8.31. The Balaban J connectivity index is -0.000000696. The number of aliphatic hydroxyl groups is 1. The minimum atomic E-state index is -3.72. The van der Waals surface area contributed by atoms with Crippen molar-refractivity contribution in [2.75, 3.05) is 25.7 Å². The van der Waals surface area contributed by atoms with E-state index in [-0.39, 0.29) is 41.3 Å². The van der Waals surface area contributed by atoms with E-state index in [1.807, 2.05) is 96.9 Å². The molecule has 0 aromatic carbocycles. The molecule has 0 bridgehead atoms. The minimum absolute atomic E-state index is 0.0109. The van der Waals surface area contributed by atoms with Crippen LogP contribution in [0, 0.1) is 10.8 Å². The van der Waals surface area contributed by atoms with E-state index in [1.54, 1.807) is 36.7 Å². The van der Waals surface area contributed by atoms with Gasteiger partial charge in [0.1, 0.15) is 0 Å². The summed E-state index contributed by atoms with van der Waals surface area (Å²) < 4.78 is 18.3. The number of hydroxylamine groups is 2. The molecule has 0 saturated carbocycles. The first-order valence-corrected chi connectivity index (χ1v) is 19.6. The van der Waals surface area contributed by atoms with Gasteiger partial charge in [-0.25, -0.2) is 11.0 Å². The standard InChI is InChI=1S/C15H23ClN2O2.C15H24N2O3.2C2H6.Cl2O2S/c1-14(2,3)12-11(7-6-8-17-12)13(19)18-20-10-15(4,5)9-16;1-14(2,3)12-11(7-6-8-16-12)13(19)17-20-10-15(4,5)9-18;2*1-2;1-5(2,3)4/h6-8H,9-10H2,1-5H3,(H,18,19);6-8,18H,9-10H2,1-5H3,(H,17,19);2*1-2H3;. The first-order valence-electron chi connectivity index (χ1n) is 15.9. The zero-order valence-electron chi connectivity index (χ0n) is 31.6. The van der Waals surface area contributed by atoms with Crippen molar-refractivity contribution in [3.8, 4) is 0 Å². The second-order valence-corrected chi connectivity index (χ2v) is 17.7. The zero-order chi connectivity index (χ0) is 39.3. The van der Waals surface area contributed by atoms with E-state index in [0.717, 1.165) is 11.4 Å². The lowest BCUT2D eigenvalue weighted by molar-refractivity contribution is -0.0199. The van der Waals surface area contributed by atoms with Gasteiger partial charge in [0.05, 0.1) is 42.3 Å². The highest BCUT2D eigenvalue weighted by atomic mass is 36.0. The lowest BCUT2D eigenvalue weighted by Gasteiger charge is -2.22. The average Bonchev–Trinajstić information content (AvgIpc) is 3.01. The molecule has 0 fully saturated rings. The Hall–Kier alpha value is -2.06. The Morgan fingerprint density at radius 1 is 0.714 bits per heavy atom. The highest BCUT2D eigenvalue weighted by Gasteiger charge is 2.25. The van der Waals surface area contributed by atoms with Crippen molar-refractivity contribution >= 4 is 53.0 Å². The molecular formula is C34H59Cl3N4O7S. The number of halogens is 3. The van der Waals surface area contributed by atoms with E-state index in [4.69, 9.17) is 34.8 Å². The lowest BCUT2D eigenvalue weighted by atomic mass is 9.88. The largest absolute Gasteiger partial charge is 0.396 e. The number of amides is 2. The minimum Gasteiger partial charge on any atom is -0.396 e. The van der Waals surface area contributed by atoms with Crippen LogP contribution in [-0.2, 0) is 28.8 Å². The van der Waals surface area contributed by atoms with Crippen LogP contribution in [0.3, 0.4) is 0 Å². The summed E-state index contributed by atoms with van der Waals surface area (Å²) in [6.45, 7) is 28.3. The van der Waals surface area contributed by atoms with Crippen molar-refractivity contribution in [3.63, 3.8) is 0 Å². The van der Waals surface area contributed by atoms with Gasteiger partial charge in [-0.05, 0) is 24.3 Å². The van der Waals surface area contributed by atoms with E-state index in [2.05, 4.69) is 42.3 Å².